The van der Waals surface area contributed by atoms with Crippen LogP contribution in [-0.2, 0) is 0 Å². The third kappa shape index (κ3) is 4.50. The summed E-state index contributed by atoms with van der Waals surface area (Å²) in [5.41, 5.74) is 14.4. The van der Waals surface area contributed by atoms with E-state index in [1.54, 1.807) is 0 Å². The van der Waals surface area contributed by atoms with Gasteiger partial charge in [-0.2, -0.15) is 0 Å². The number of para-hydroxylation sites is 3. The number of hydrogen-bond donors (Lipinski definition) is 0. The molecule has 0 fully saturated rings. The molecule has 0 unspecified atom stereocenters. The molecule has 2 aromatic heterocycles. The first kappa shape index (κ1) is 28.4. The Morgan fingerprint density at radius 3 is 1.32 bits per heavy atom. The topological polar surface area (TPSA) is 9.86 Å². The van der Waals surface area contributed by atoms with Gasteiger partial charge in [0.15, 0.2) is 0 Å². The normalized spacial score (nSPS) is 11.6. The molecule has 0 aliphatic carbocycles. The second-order valence-electron chi connectivity index (χ2n) is 13.0. The monoisotopic (exact) mass is 636 g/mol. The maximum absolute atomic E-state index is 2.45. The Bertz CT molecular complexity index is 2840. The van der Waals surface area contributed by atoms with Crippen molar-refractivity contribution >= 4 is 43.6 Å². The second kappa shape index (κ2) is 11.5. The lowest BCUT2D eigenvalue weighted by molar-refractivity contribution is 1.18. The lowest BCUT2D eigenvalue weighted by atomic mass is 9.97. The zero-order valence-corrected chi connectivity index (χ0v) is 27.4. The van der Waals surface area contributed by atoms with Crippen LogP contribution in [0.1, 0.15) is 0 Å². The Labute approximate surface area is 290 Å². The first-order valence-corrected chi connectivity index (χ1v) is 17.2. The van der Waals surface area contributed by atoms with Crippen LogP contribution in [0.2, 0.25) is 0 Å². The molecule has 0 N–H and O–H groups in total. The van der Waals surface area contributed by atoms with Gasteiger partial charge >= 0.3 is 0 Å². The molecule has 0 radical (unpaired) electrons. The molecule has 0 amide bonds. The van der Waals surface area contributed by atoms with Crippen molar-refractivity contribution in [2.24, 2.45) is 0 Å². The molecular weight excluding hydrogens is 605 g/mol. The quantitative estimate of drug-likeness (QED) is 0.178. The molecule has 0 saturated heterocycles. The molecular formula is C48H32N2. The van der Waals surface area contributed by atoms with E-state index in [-0.39, 0.29) is 0 Å². The molecule has 0 bridgehead atoms. The van der Waals surface area contributed by atoms with E-state index in [9.17, 15) is 0 Å². The van der Waals surface area contributed by atoms with Crippen molar-refractivity contribution in [1.82, 2.24) is 9.13 Å². The number of nitrogens with zero attached hydrogens (tertiary/aromatic N) is 2. The van der Waals surface area contributed by atoms with Crippen LogP contribution in [0.15, 0.2) is 194 Å². The average Bonchev–Trinajstić information content (AvgIpc) is 3.71. The van der Waals surface area contributed by atoms with Crippen molar-refractivity contribution in [3.8, 4) is 44.8 Å². The number of rotatable bonds is 5. The number of hydrogen-bond acceptors (Lipinski definition) is 0. The Morgan fingerprint density at radius 1 is 0.260 bits per heavy atom. The summed E-state index contributed by atoms with van der Waals surface area (Å²) >= 11 is 0. The lowest BCUT2D eigenvalue weighted by Gasteiger charge is -2.16. The van der Waals surface area contributed by atoms with Crippen LogP contribution in [0, 0.1) is 0 Å². The smallest absolute Gasteiger partial charge is 0.0541 e. The van der Waals surface area contributed by atoms with Crippen molar-refractivity contribution in [2.45, 2.75) is 0 Å². The van der Waals surface area contributed by atoms with Gasteiger partial charge in [0.2, 0.25) is 0 Å². The van der Waals surface area contributed by atoms with E-state index in [1.807, 2.05) is 0 Å². The van der Waals surface area contributed by atoms with Gasteiger partial charge in [-0.1, -0.05) is 133 Å². The molecule has 0 saturated carbocycles. The van der Waals surface area contributed by atoms with Gasteiger partial charge in [-0.05, 0) is 88.5 Å². The van der Waals surface area contributed by atoms with Crippen LogP contribution >= 0.6 is 0 Å². The maximum Gasteiger partial charge on any atom is 0.0541 e. The minimum atomic E-state index is 1.17. The lowest BCUT2D eigenvalue weighted by Crippen LogP contribution is -1.98. The van der Waals surface area contributed by atoms with Crippen molar-refractivity contribution < 1.29 is 0 Å². The van der Waals surface area contributed by atoms with Gasteiger partial charge in [-0.15, -0.1) is 0 Å². The van der Waals surface area contributed by atoms with E-state index in [0.29, 0.717) is 0 Å². The Kier molecular flexibility index (Phi) is 6.53. The second-order valence-corrected chi connectivity index (χ2v) is 13.0. The highest BCUT2D eigenvalue weighted by Crippen LogP contribution is 2.40. The molecule has 0 spiro atoms. The van der Waals surface area contributed by atoms with Crippen molar-refractivity contribution in [3.05, 3.63) is 194 Å². The van der Waals surface area contributed by atoms with E-state index < -0.39 is 0 Å². The Morgan fingerprint density at radius 2 is 0.700 bits per heavy atom. The van der Waals surface area contributed by atoms with Gasteiger partial charge in [0.25, 0.3) is 0 Å². The van der Waals surface area contributed by atoms with Gasteiger partial charge in [-0.25, -0.2) is 0 Å². The highest BCUT2D eigenvalue weighted by molar-refractivity contribution is 6.13. The fraction of sp³-hybridized carbons (Fsp3) is 0. The number of benzene rings is 8. The van der Waals surface area contributed by atoms with Gasteiger partial charge < -0.3 is 9.13 Å². The number of aromatic nitrogens is 2. The zero-order chi connectivity index (χ0) is 33.0. The summed E-state index contributed by atoms with van der Waals surface area (Å²) in [6.07, 6.45) is 0. The molecule has 2 heteroatoms. The summed E-state index contributed by atoms with van der Waals surface area (Å²) in [6.45, 7) is 0. The first-order valence-electron chi connectivity index (χ1n) is 17.2. The van der Waals surface area contributed by atoms with Crippen molar-refractivity contribution in [1.29, 1.82) is 0 Å². The molecule has 10 aromatic rings. The SMILES string of the molecule is c1ccc(-c2ccc(-n3c4ccccc4c4cc(-c5ccc6c(c5)c5ccccc5n6-c5ccccc5)ccc43)c(-c3ccccc3)c2)cc1. The fourth-order valence-electron chi connectivity index (χ4n) is 7.81. The minimum Gasteiger partial charge on any atom is -0.309 e. The first-order chi connectivity index (χ1) is 24.8. The van der Waals surface area contributed by atoms with Crippen LogP contribution in [0.3, 0.4) is 0 Å². The van der Waals surface area contributed by atoms with Gasteiger partial charge in [0.05, 0.1) is 27.8 Å². The summed E-state index contributed by atoms with van der Waals surface area (Å²) in [4.78, 5) is 0. The van der Waals surface area contributed by atoms with Gasteiger partial charge in [0, 0.05) is 32.8 Å². The van der Waals surface area contributed by atoms with Crippen LogP contribution in [0.4, 0.5) is 0 Å². The summed E-state index contributed by atoms with van der Waals surface area (Å²) in [6, 6.07) is 70.4. The minimum absolute atomic E-state index is 1.17. The molecule has 2 nitrogen and oxygen atoms in total. The van der Waals surface area contributed by atoms with E-state index in [1.165, 1.54) is 88.4 Å². The molecule has 50 heavy (non-hydrogen) atoms. The summed E-state index contributed by atoms with van der Waals surface area (Å²) in [7, 11) is 0. The molecule has 8 aromatic carbocycles. The highest BCUT2D eigenvalue weighted by Gasteiger charge is 2.18. The van der Waals surface area contributed by atoms with Crippen molar-refractivity contribution in [2.75, 3.05) is 0 Å². The Hall–Kier alpha value is -6.64. The molecule has 10 rings (SSSR count). The van der Waals surface area contributed by atoms with Crippen LogP contribution < -0.4 is 0 Å². The molecule has 234 valence electrons. The summed E-state index contributed by atoms with van der Waals surface area (Å²) in [5.74, 6) is 0. The maximum atomic E-state index is 2.45. The largest absolute Gasteiger partial charge is 0.309 e. The van der Waals surface area contributed by atoms with E-state index in [4.69, 9.17) is 0 Å². The molecule has 0 aliphatic heterocycles. The summed E-state index contributed by atoms with van der Waals surface area (Å²) < 4.78 is 4.82. The van der Waals surface area contributed by atoms with Crippen LogP contribution in [-0.4, -0.2) is 9.13 Å². The molecule has 0 aliphatic rings. The van der Waals surface area contributed by atoms with Crippen LogP contribution in [0.5, 0.6) is 0 Å². The average molecular weight is 637 g/mol. The predicted octanol–water partition coefficient (Wildman–Crippen LogP) is 12.9. The zero-order valence-electron chi connectivity index (χ0n) is 27.4. The van der Waals surface area contributed by atoms with Gasteiger partial charge in [-0.3, -0.25) is 0 Å². The van der Waals surface area contributed by atoms with Crippen LogP contribution in [0.25, 0.3) is 88.4 Å². The van der Waals surface area contributed by atoms with Crippen molar-refractivity contribution in [3.63, 3.8) is 0 Å². The molecule has 2 heterocycles. The number of fused-ring (bicyclic) bond motifs is 6. The Balaban J connectivity index is 1.17. The van der Waals surface area contributed by atoms with Gasteiger partial charge in [0.1, 0.15) is 0 Å². The fourth-order valence-corrected chi connectivity index (χ4v) is 7.81. The van der Waals surface area contributed by atoms with E-state index >= 15 is 0 Å². The van der Waals surface area contributed by atoms with E-state index in [0.717, 1.165) is 0 Å². The third-order valence-corrected chi connectivity index (χ3v) is 10.1. The standard InChI is InChI=1S/C48H32N2/c1-4-14-33(15-5-1)35-24-27-46(41(30-35)34-16-6-2-7-17-34)50-45-23-13-11-21-40(45)43-32-37(26-29-48(43)50)36-25-28-47-42(31-36)39-20-10-12-22-44(39)49(47)38-18-8-3-9-19-38/h1-32H. The summed E-state index contributed by atoms with van der Waals surface area (Å²) in [5, 5.41) is 5.02. The predicted molar refractivity (Wildman–Crippen MR) is 211 cm³/mol. The highest BCUT2D eigenvalue weighted by atomic mass is 15.0. The molecule has 0 atom stereocenters. The van der Waals surface area contributed by atoms with E-state index in [2.05, 4.69) is 203 Å². The third-order valence-electron chi connectivity index (χ3n) is 10.1.